The fraction of sp³-hybridized carbons (Fsp3) is 0.136. The van der Waals surface area contributed by atoms with Crippen LogP contribution >= 0.6 is 11.6 Å². The number of halogens is 1. The van der Waals surface area contributed by atoms with E-state index in [1.165, 1.54) is 17.0 Å². The molecule has 0 spiro atoms. The lowest BCUT2D eigenvalue weighted by Crippen LogP contribution is -2.49. The van der Waals surface area contributed by atoms with Crippen LogP contribution in [0, 0.1) is 0 Å². The van der Waals surface area contributed by atoms with Gasteiger partial charge in [0.1, 0.15) is 5.75 Å². The molecule has 32 heavy (non-hydrogen) atoms. The molecule has 0 saturated heterocycles. The van der Waals surface area contributed by atoms with Crippen molar-refractivity contribution in [2.45, 2.75) is 20.0 Å². The maximum atomic E-state index is 12.9. The number of aromatic nitrogens is 5. The smallest absolute Gasteiger partial charge is 0.335 e. The van der Waals surface area contributed by atoms with E-state index < -0.39 is 11.4 Å². The third kappa shape index (κ3) is 4.84. The number of H-pyrrole nitrogens is 1. The number of nitrogens with zero attached hydrogens (tertiary/aromatic N) is 5. The predicted molar refractivity (Wildman–Crippen MR) is 119 cm³/mol. The Labute approximate surface area is 187 Å². The Bertz CT molecular complexity index is 1390. The highest BCUT2D eigenvalue weighted by Crippen LogP contribution is 2.21. The van der Waals surface area contributed by atoms with E-state index in [0.29, 0.717) is 22.3 Å². The first kappa shape index (κ1) is 21.3. The third-order valence-corrected chi connectivity index (χ3v) is 4.84. The molecule has 2 aromatic heterocycles. The molecule has 162 valence electrons. The van der Waals surface area contributed by atoms with Crippen molar-refractivity contribution >= 4 is 17.3 Å². The zero-order chi connectivity index (χ0) is 22.5. The van der Waals surface area contributed by atoms with E-state index in [0.717, 1.165) is 10.1 Å². The summed E-state index contributed by atoms with van der Waals surface area (Å²) in [5.74, 6) is 0.916. The summed E-state index contributed by atoms with van der Waals surface area (Å²) < 4.78 is 8.15. The summed E-state index contributed by atoms with van der Waals surface area (Å²) in [6, 6.07) is 14.0. The predicted octanol–water partition coefficient (Wildman–Crippen LogP) is 2.87. The molecule has 0 amide bonds. The highest BCUT2D eigenvalue weighted by molar-refractivity contribution is 6.30. The van der Waals surface area contributed by atoms with Gasteiger partial charge in [-0.2, -0.15) is 0 Å². The van der Waals surface area contributed by atoms with Gasteiger partial charge in [0.2, 0.25) is 11.5 Å². The summed E-state index contributed by atoms with van der Waals surface area (Å²) in [7, 11) is 0. The first-order chi connectivity index (χ1) is 15.5. The normalized spacial score (nSPS) is 11.5. The van der Waals surface area contributed by atoms with Gasteiger partial charge in [-0.25, -0.2) is 24.1 Å². The van der Waals surface area contributed by atoms with Crippen molar-refractivity contribution in [3.63, 3.8) is 0 Å². The number of ether oxygens (including phenoxy) is 1. The van der Waals surface area contributed by atoms with Crippen LogP contribution in [0.25, 0.3) is 0 Å². The fourth-order valence-electron chi connectivity index (χ4n) is 3.01. The van der Waals surface area contributed by atoms with Crippen LogP contribution < -0.4 is 21.7 Å². The molecule has 0 saturated carbocycles. The third-order valence-electron chi connectivity index (χ3n) is 4.59. The summed E-state index contributed by atoms with van der Waals surface area (Å²) in [6.07, 6.45) is 4.60. The quantitative estimate of drug-likeness (QED) is 0.486. The van der Waals surface area contributed by atoms with E-state index in [1.807, 2.05) is 12.1 Å². The van der Waals surface area contributed by atoms with Gasteiger partial charge in [0.25, 0.3) is 0 Å². The molecule has 0 unspecified atom stereocenters. The lowest BCUT2D eigenvalue weighted by molar-refractivity contribution is 0.460. The summed E-state index contributed by atoms with van der Waals surface area (Å²) in [5, 5.41) is 0.597. The monoisotopic (exact) mass is 450 g/mol. The van der Waals surface area contributed by atoms with Crippen LogP contribution in [0.3, 0.4) is 0 Å². The number of benzene rings is 2. The van der Waals surface area contributed by atoms with Gasteiger partial charge in [-0.15, -0.1) is 0 Å². The molecular formula is C22H19ClN6O3. The number of rotatable bonds is 6. The zero-order valence-electron chi connectivity index (χ0n) is 17.1. The van der Waals surface area contributed by atoms with Crippen LogP contribution in [-0.4, -0.2) is 24.1 Å². The SMILES string of the molecule is CCn1c(=O)[nH]/c(=N\c2ccc(Oc3cnccn3)cc2)n(Cc2ccc(Cl)cc2)c1=O. The van der Waals surface area contributed by atoms with Gasteiger partial charge in [-0.1, -0.05) is 23.7 Å². The minimum atomic E-state index is -0.522. The van der Waals surface area contributed by atoms with Crippen molar-refractivity contribution in [2.24, 2.45) is 4.99 Å². The number of hydrogen-bond acceptors (Lipinski definition) is 6. The van der Waals surface area contributed by atoms with E-state index in [2.05, 4.69) is 19.9 Å². The molecule has 0 radical (unpaired) electrons. The van der Waals surface area contributed by atoms with E-state index in [9.17, 15) is 9.59 Å². The van der Waals surface area contributed by atoms with Crippen molar-refractivity contribution in [2.75, 3.05) is 0 Å². The van der Waals surface area contributed by atoms with E-state index in [4.69, 9.17) is 16.3 Å². The zero-order valence-corrected chi connectivity index (χ0v) is 17.9. The molecule has 2 heterocycles. The van der Waals surface area contributed by atoms with Crippen LogP contribution in [0.4, 0.5) is 5.69 Å². The number of nitrogens with one attached hydrogen (secondary N) is 1. The van der Waals surface area contributed by atoms with Gasteiger partial charge in [0, 0.05) is 24.0 Å². The second-order valence-corrected chi connectivity index (χ2v) is 7.18. The van der Waals surface area contributed by atoms with Gasteiger partial charge in [-0.3, -0.25) is 14.5 Å². The van der Waals surface area contributed by atoms with E-state index >= 15 is 0 Å². The lowest BCUT2D eigenvalue weighted by atomic mass is 10.2. The summed E-state index contributed by atoms with van der Waals surface area (Å²) in [6.45, 7) is 2.19. The minimum absolute atomic E-state index is 0.141. The van der Waals surface area contributed by atoms with Crippen molar-refractivity contribution in [3.05, 3.63) is 104 Å². The van der Waals surface area contributed by atoms with Gasteiger partial charge in [-0.05, 0) is 48.9 Å². The molecule has 0 fully saturated rings. The Morgan fingerprint density at radius 3 is 2.44 bits per heavy atom. The largest absolute Gasteiger partial charge is 0.438 e. The summed E-state index contributed by atoms with van der Waals surface area (Å²) >= 11 is 5.96. The topological polar surface area (TPSA) is 107 Å². The molecule has 4 rings (SSSR count). The molecule has 0 aliphatic rings. The second-order valence-electron chi connectivity index (χ2n) is 6.74. The van der Waals surface area contributed by atoms with Gasteiger partial charge >= 0.3 is 11.4 Å². The van der Waals surface area contributed by atoms with Crippen LogP contribution in [0.15, 0.2) is 81.7 Å². The average Bonchev–Trinajstić information content (AvgIpc) is 2.80. The maximum Gasteiger partial charge on any atom is 0.335 e. The first-order valence-electron chi connectivity index (χ1n) is 9.80. The first-order valence-corrected chi connectivity index (χ1v) is 10.2. The highest BCUT2D eigenvalue weighted by Gasteiger charge is 2.09. The number of hydrogen-bond donors (Lipinski definition) is 1. The molecule has 1 N–H and O–H groups in total. The molecule has 4 aromatic rings. The molecule has 2 aromatic carbocycles. The number of aromatic amines is 1. The minimum Gasteiger partial charge on any atom is -0.438 e. The summed E-state index contributed by atoms with van der Waals surface area (Å²) in [4.78, 5) is 40.5. The van der Waals surface area contributed by atoms with Crippen LogP contribution in [0.5, 0.6) is 11.6 Å². The maximum absolute atomic E-state index is 12.9. The van der Waals surface area contributed by atoms with Crippen LogP contribution in [0.1, 0.15) is 12.5 Å². The van der Waals surface area contributed by atoms with Crippen LogP contribution in [0.2, 0.25) is 5.02 Å². The van der Waals surface area contributed by atoms with Gasteiger partial charge in [0.15, 0.2) is 0 Å². The Morgan fingerprint density at radius 2 is 1.78 bits per heavy atom. The Kier molecular flexibility index (Phi) is 6.27. The summed E-state index contributed by atoms with van der Waals surface area (Å²) in [5.41, 5.74) is 0.544. The van der Waals surface area contributed by atoms with Crippen molar-refractivity contribution in [1.82, 2.24) is 24.1 Å². The van der Waals surface area contributed by atoms with Gasteiger partial charge < -0.3 is 4.74 Å². The van der Waals surface area contributed by atoms with Crippen LogP contribution in [-0.2, 0) is 13.1 Å². The molecule has 0 aliphatic carbocycles. The van der Waals surface area contributed by atoms with Crippen molar-refractivity contribution < 1.29 is 4.74 Å². The lowest BCUT2D eigenvalue weighted by Gasteiger charge is -2.10. The standard InChI is InChI=1S/C22H19ClN6O3/c1-2-28-21(30)27-20(29(22(28)31)14-15-3-5-16(23)6-4-15)26-17-7-9-18(10-8-17)32-19-13-24-11-12-25-19/h3-13H,2,14H2,1H3,(H,26,27,30). The highest BCUT2D eigenvalue weighted by atomic mass is 35.5. The molecule has 0 aliphatic heterocycles. The second kappa shape index (κ2) is 9.44. The molecule has 0 atom stereocenters. The Hall–Kier alpha value is -3.98. The van der Waals surface area contributed by atoms with Crippen molar-refractivity contribution in [3.8, 4) is 11.6 Å². The molecular weight excluding hydrogens is 432 g/mol. The van der Waals surface area contributed by atoms with E-state index in [1.54, 1.807) is 49.5 Å². The molecule has 9 nitrogen and oxygen atoms in total. The average molecular weight is 451 g/mol. The molecule has 10 heteroatoms. The fourth-order valence-corrected chi connectivity index (χ4v) is 3.13. The Morgan fingerprint density at radius 1 is 1.03 bits per heavy atom. The van der Waals surface area contributed by atoms with Gasteiger partial charge in [0.05, 0.1) is 18.4 Å². The molecule has 0 bridgehead atoms. The van der Waals surface area contributed by atoms with E-state index in [-0.39, 0.29) is 18.7 Å². The van der Waals surface area contributed by atoms with Crippen molar-refractivity contribution in [1.29, 1.82) is 0 Å². The Balaban J connectivity index is 1.72.